The van der Waals surface area contributed by atoms with E-state index in [9.17, 15) is 38.8 Å². The first-order valence-corrected chi connectivity index (χ1v) is 13.1. The molecule has 1 aliphatic rings. The second-order valence-electron chi connectivity index (χ2n) is 9.63. The standard InChI is InChI=1S/C29H28FN5O8/c1-43-23-10-8-18(9-11-23)14-25(36)33-12-13-34(29(40)31-21-6-3-5-20(30)16-21)28(33)27(39)32-24(17-26(37)38)19-4-2-7-22(15-19)35(41)42/h2-11,15-16,24,28H,12-14,17H2,1H3,(H,31,40)(H,32,39)(H,37,38). The number of anilines is 1. The van der Waals surface area contributed by atoms with Gasteiger partial charge in [-0.1, -0.05) is 30.3 Å². The van der Waals surface area contributed by atoms with E-state index in [0.29, 0.717) is 11.3 Å². The van der Waals surface area contributed by atoms with Crippen molar-refractivity contribution in [2.45, 2.75) is 25.0 Å². The lowest BCUT2D eigenvalue weighted by Crippen LogP contribution is -2.55. The summed E-state index contributed by atoms with van der Waals surface area (Å²) in [5, 5.41) is 25.9. The Morgan fingerprint density at radius 3 is 2.40 bits per heavy atom. The second-order valence-corrected chi connectivity index (χ2v) is 9.63. The van der Waals surface area contributed by atoms with Gasteiger partial charge in [0.25, 0.3) is 11.6 Å². The predicted octanol–water partition coefficient (Wildman–Crippen LogP) is 3.32. The molecule has 3 N–H and O–H groups in total. The number of carbonyl (C=O) groups is 4. The van der Waals surface area contributed by atoms with Crippen molar-refractivity contribution in [3.63, 3.8) is 0 Å². The molecule has 3 aromatic carbocycles. The quantitative estimate of drug-likeness (QED) is 0.237. The summed E-state index contributed by atoms with van der Waals surface area (Å²) in [7, 11) is 1.50. The summed E-state index contributed by atoms with van der Waals surface area (Å²) >= 11 is 0. The number of benzene rings is 3. The van der Waals surface area contributed by atoms with Crippen molar-refractivity contribution in [2.75, 3.05) is 25.5 Å². The second kappa shape index (κ2) is 13.4. The summed E-state index contributed by atoms with van der Waals surface area (Å²) in [6, 6.07) is 14.9. The number of nitro benzene ring substituents is 1. The van der Waals surface area contributed by atoms with Gasteiger partial charge in [-0.25, -0.2) is 9.18 Å². The number of nitrogens with one attached hydrogen (secondary N) is 2. The lowest BCUT2D eigenvalue weighted by molar-refractivity contribution is -0.384. The average molecular weight is 594 g/mol. The molecule has 14 heteroatoms. The molecule has 13 nitrogen and oxygen atoms in total. The van der Waals surface area contributed by atoms with Crippen molar-refractivity contribution in [1.82, 2.24) is 15.1 Å². The van der Waals surface area contributed by atoms with Gasteiger partial charge >= 0.3 is 12.0 Å². The smallest absolute Gasteiger partial charge is 0.323 e. The largest absolute Gasteiger partial charge is 0.497 e. The van der Waals surface area contributed by atoms with Gasteiger partial charge in [0.2, 0.25) is 5.91 Å². The number of methoxy groups -OCH3 is 1. The summed E-state index contributed by atoms with van der Waals surface area (Å²) in [5.41, 5.74) is 0.575. The SMILES string of the molecule is COc1ccc(CC(=O)N2CCN(C(=O)Nc3cccc(F)c3)C2C(=O)NC(CC(=O)O)c2cccc([N+](=O)[O-])c2)cc1. The Balaban J connectivity index is 1.63. The molecule has 4 rings (SSSR count). The van der Waals surface area contributed by atoms with Crippen LogP contribution in [-0.2, 0) is 20.8 Å². The lowest BCUT2D eigenvalue weighted by atomic mass is 10.0. The highest BCUT2D eigenvalue weighted by molar-refractivity contribution is 5.96. The number of carboxylic acid groups (broad SMARTS) is 1. The number of halogens is 1. The van der Waals surface area contributed by atoms with Gasteiger partial charge in [0.1, 0.15) is 11.6 Å². The van der Waals surface area contributed by atoms with E-state index in [1.165, 1.54) is 48.4 Å². The molecule has 2 unspecified atom stereocenters. The van der Waals surface area contributed by atoms with E-state index in [0.717, 1.165) is 17.0 Å². The van der Waals surface area contributed by atoms with E-state index in [2.05, 4.69) is 10.6 Å². The van der Waals surface area contributed by atoms with Crippen LogP contribution in [0.2, 0.25) is 0 Å². The number of amides is 4. The van der Waals surface area contributed by atoms with Crippen LogP contribution in [0.3, 0.4) is 0 Å². The van der Waals surface area contributed by atoms with Crippen LogP contribution < -0.4 is 15.4 Å². The molecule has 0 saturated carbocycles. The summed E-state index contributed by atoms with van der Waals surface area (Å²) in [6.45, 7) is -0.0853. The maximum absolute atomic E-state index is 13.8. The molecule has 1 heterocycles. The molecule has 224 valence electrons. The van der Waals surface area contributed by atoms with E-state index in [1.54, 1.807) is 24.3 Å². The summed E-state index contributed by atoms with van der Waals surface area (Å²) in [5.74, 6) is -2.68. The highest BCUT2D eigenvalue weighted by Gasteiger charge is 2.43. The van der Waals surface area contributed by atoms with Gasteiger partial charge in [-0.05, 0) is 41.5 Å². The van der Waals surface area contributed by atoms with Crippen LogP contribution in [-0.4, -0.2) is 70.0 Å². The molecule has 0 bridgehead atoms. The zero-order chi connectivity index (χ0) is 31.1. The first-order chi connectivity index (χ1) is 20.5. The fourth-order valence-electron chi connectivity index (χ4n) is 4.69. The van der Waals surface area contributed by atoms with Crippen LogP contribution in [0.4, 0.5) is 20.6 Å². The van der Waals surface area contributed by atoms with Crippen LogP contribution in [0, 0.1) is 15.9 Å². The molecule has 0 spiro atoms. The van der Waals surface area contributed by atoms with E-state index < -0.39 is 53.2 Å². The van der Waals surface area contributed by atoms with Gasteiger partial charge < -0.3 is 25.4 Å². The van der Waals surface area contributed by atoms with E-state index >= 15 is 0 Å². The molecular formula is C29H28FN5O8. The molecular weight excluding hydrogens is 565 g/mol. The van der Waals surface area contributed by atoms with Gasteiger partial charge in [-0.15, -0.1) is 0 Å². The van der Waals surface area contributed by atoms with Crippen LogP contribution >= 0.6 is 0 Å². The fraction of sp³-hybridized carbons (Fsp3) is 0.241. The monoisotopic (exact) mass is 593 g/mol. The Kier molecular flexibility index (Phi) is 9.50. The summed E-state index contributed by atoms with van der Waals surface area (Å²) in [4.78, 5) is 65.1. The first kappa shape index (κ1) is 30.4. The fourth-order valence-corrected chi connectivity index (χ4v) is 4.69. The van der Waals surface area contributed by atoms with Crippen molar-refractivity contribution in [3.8, 4) is 5.75 Å². The third-order valence-corrected chi connectivity index (χ3v) is 6.76. The number of carbonyl (C=O) groups excluding carboxylic acids is 3. The minimum absolute atomic E-state index is 0.0238. The number of nitro groups is 1. The normalized spacial score (nSPS) is 15.0. The average Bonchev–Trinajstić information content (AvgIpc) is 3.43. The minimum atomic E-state index is -1.51. The van der Waals surface area contributed by atoms with Gasteiger partial charge in [0.15, 0.2) is 6.17 Å². The molecule has 2 atom stereocenters. The Hall–Kier alpha value is -5.53. The van der Waals surface area contributed by atoms with Crippen molar-refractivity contribution < 1.29 is 38.3 Å². The van der Waals surface area contributed by atoms with Gasteiger partial charge in [0.05, 0.1) is 30.9 Å². The number of nitrogens with zero attached hydrogens (tertiary/aromatic N) is 3. The number of hydrogen-bond donors (Lipinski definition) is 3. The van der Waals surface area contributed by atoms with Crippen molar-refractivity contribution in [2.24, 2.45) is 0 Å². The topological polar surface area (TPSA) is 171 Å². The molecule has 1 aliphatic heterocycles. The highest BCUT2D eigenvalue weighted by atomic mass is 19.1. The minimum Gasteiger partial charge on any atom is -0.497 e. The molecule has 3 aromatic rings. The number of rotatable bonds is 10. The van der Waals surface area contributed by atoms with Crippen LogP contribution in [0.5, 0.6) is 5.75 Å². The molecule has 1 fully saturated rings. The Labute approximate surface area is 245 Å². The number of carboxylic acids is 1. The Morgan fingerprint density at radius 2 is 1.74 bits per heavy atom. The number of hydrogen-bond acceptors (Lipinski definition) is 7. The number of ether oxygens (including phenoxy) is 1. The molecule has 0 aromatic heterocycles. The zero-order valence-corrected chi connectivity index (χ0v) is 22.9. The van der Waals surface area contributed by atoms with Crippen molar-refractivity contribution in [3.05, 3.63) is 99.9 Å². The van der Waals surface area contributed by atoms with Crippen LogP contribution in [0.25, 0.3) is 0 Å². The van der Waals surface area contributed by atoms with Crippen LogP contribution in [0.1, 0.15) is 23.6 Å². The lowest BCUT2D eigenvalue weighted by Gasteiger charge is -2.31. The van der Waals surface area contributed by atoms with E-state index in [1.807, 2.05) is 0 Å². The summed E-state index contributed by atoms with van der Waals surface area (Å²) in [6.07, 6.45) is -2.25. The van der Waals surface area contributed by atoms with Crippen molar-refractivity contribution >= 4 is 35.2 Å². The number of non-ortho nitro benzene ring substituents is 1. The third kappa shape index (κ3) is 7.61. The Morgan fingerprint density at radius 1 is 1.05 bits per heavy atom. The maximum atomic E-state index is 13.8. The summed E-state index contributed by atoms with van der Waals surface area (Å²) < 4.78 is 18.9. The van der Waals surface area contributed by atoms with E-state index in [4.69, 9.17) is 4.74 Å². The highest BCUT2D eigenvalue weighted by Crippen LogP contribution is 2.25. The number of urea groups is 1. The molecule has 43 heavy (non-hydrogen) atoms. The Bertz CT molecular complexity index is 1530. The number of aliphatic carboxylic acids is 1. The van der Waals surface area contributed by atoms with Crippen LogP contribution in [0.15, 0.2) is 72.8 Å². The van der Waals surface area contributed by atoms with E-state index in [-0.39, 0.29) is 36.4 Å². The zero-order valence-electron chi connectivity index (χ0n) is 22.9. The maximum Gasteiger partial charge on any atom is 0.323 e. The molecule has 1 saturated heterocycles. The molecule has 0 radical (unpaired) electrons. The molecule has 0 aliphatic carbocycles. The third-order valence-electron chi connectivity index (χ3n) is 6.76. The van der Waals surface area contributed by atoms with Gasteiger partial charge in [0, 0.05) is 30.9 Å². The van der Waals surface area contributed by atoms with Gasteiger partial charge in [-0.2, -0.15) is 0 Å². The first-order valence-electron chi connectivity index (χ1n) is 13.1. The van der Waals surface area contributed by atoms with Gasteiger partial charge in [-0.3, -0.25) is 29.4 Å². The molecule has 4 amide bonds. The van der Waals surface area contributed by atoms with Crippen molar-refractivity contribution in [1.29, 1.82) is 0 Å². The predicted molar refractivity (Wildman–Crippen MR) is 151 cm³/mol.